The fourth-order valence-corrected chi connectivity index (χ4v) is 3.44. The van der Waals surface area contributed by atoms with Crippen LogP contribution in [0, 0.1) is 5.92 Å². The van der Waals surface area contributed by atoms with E-state index in [-0.39, 0.29) is 11.8 Å². The molecule has 0 bridgehead atoms. The van der Waals surface area contributed by atoms with Crippen molar-refractivity contribution < 1.29 is 20.1 Å². The Bertz CT molecular complexity index is 899. The quantitative estimate of drug-likeness (QED) is 0.264. The van der Waals surface area contributed by atoms with Crippen LogP contribution >= 0.6 is 0 Å². The molecule has 28 heavy (non-hydrogen) atoms. The molecule has 11 heteroatoms. The van der Waals surface area contributed by atoms with Crippen molar-refractivity contribution in [2.24, 2.45) is 11.0 Å². The molecule has 0 spiro atoms. The number of nitrogens with zero attached hydrogens (tertiary/aromatic N) is 5. The van der Waals surface area contributed by atoms with Crippen LogP contribution in [0.15, 0.2) is 23.6 Å². The predicted molar refractivity (Wildman–Crippen MR) is 101 cm³/mol. The Balaban J connectivity index is 1.58. The van der Waals surface area contributed by atoms with Crippen molar-refractivity contribution in [2.45, 2.75) is 43.8 Å². The number of ether oxygens (including phenoxy) is 1. The molecule has 150 valence electrons. The first kappa shape index (κ1) is 18.7. The number of allylic oxidation sites excluding steroid dienone is 2. The number of hydrogen-bond acceptors (Lipinski definition) is 10. The number of nitrogens with one attached hydrogen (secondary N) is 1. The van der Waals surface area contributed by atoms with E-state index in [4.69, 9.17) is 10.5 Å². The summed E-state index contributed by atoms with van der Waals surface area (Å²) in [5.74, 6) is 0.693. The van der Waals surface area contributed by atoms with Gasteiger partial charge in [0.25, 0.3) is 0 Å². The molecule has 1 fully saturated rings. The van der Waals surface area contributed by atoms with Crippen molar-refractivity contribution in [3.8, 4) is 0 Å². The second-order valence-corrected chi connectivity index (χ2v) is 6.92. The van der Waals surface area contributed by atoms with Gasteiger partial charge in [-0.3, -0.25) is 4.57 Å². The number of rotatable bonds is 5. The first-order valence-corrected chi connectivity index (χ1v) is 9.15. The first-order valence-electron chi connectivity index (χ1n) is 9.15. The summed E-state index contributed by atoms with van der Waals surface area (Å²) < 4.78 is 7.00. The minimum Gasteiger partial charge on any atom is -0.394 e. The van der Waals surface area contributed by atoms with Gasteiger partial charge in [0.05, 0.1) is 12.9 Å². The monoisotopic (exact) mass is 389 g/mol. The lowest BCUT2D eigenvalue weighted by atomic mass is 9.96. The smallest absolute Gasteiger partial charge is 0.247 e. The molecule has 3 heterocycles. The largest absolute Gasteiger partial charge is 0.394 e. The van der Waals surface area contributed by atoms with Gasteiger partial charge in [-0.15, -0.1) is 0 Å². The van der Waals surface area contributed by atoms with Gasteiger partial charge in [-0.05, 0) is 25.2 Å². The van der Waals surface area contributed by atoms with Crippen LogP contribution in [-0.4, -0.2) is 66.0 Å². The summed E-state index contributed by atoms with van der Waals surface area (Å²) in [6.45, 7) is -0.420. The van der Waals surface area contributed by atoms with E-state index in [2.05, 4.69) is 37.6 Å². The lowest BCUT2D eigenvalue weighted by molar-refractivity contribution is -0.0511. The fourth-order valence-electron chi connectivity index (χ4n) is 3.44. The molecule has 2 aromatic heterocycles. The molecule has 2 aromatic rings. The van der Waals surface area contributed by atoms with Crippen LogP contribution in [0.2, 0.25) is 0 Å². The van der Waals surface area contributed by atoms with E-state index in [1.807, 2.05) is 6.21 Å². The highest BCUT2D eigenvalue weighted by Gasteiger charge is 2.44. The molecule has 5 unspecified atom stereocenters. The van der Waals surface area contributed by atoms with Crippen molar-refractivity contribution >= 4 is 29.1 Å². The van der Waals surface area contributed by atoms with Crippen LogP contribution in [0.4, 0.5) is 11.8 Å². The summed E-state index contributed by atoms with van der Waals surface area (Å²) in [6.07, 6.45) is 6.23. The van der Waals surface area contributed by atoms with E-state index in [0.29, 0.717) is 17.1 Å². The lowest BCUT2D eigenvalue weighted by Crippen LogP contribution is -2.33. The zero-order valence-corrected chi connectivity index (χ0v) is 15.1. The average molecular weight is 389 g/mol. The number of aliphatic hydroxyl groups is 3. The summed E-state index contributed by atoms with van der Waals surface area (Å²) in [7, 11) is 0. The normalized spacial score (nSPS) is 30.5. The molecule has 11 nitrogen and oxygen atoms in total. The number of fused-ring (bicyclic) bond motifs is 1. The van der Waals surface area contributed by atoms with Gasteiger partial charge in [0.15, 0.2) is 17.7 Å². The summed E-state index contributed by atoms with van der Waals surface area (Å²) >= 11 is 0. The van der Waals surface area contributed by atoms with Crippen LogP contribution in [0.3, 0.4) is 0 Å². The minimum absolute atomic E-state index is 0.147. The first-order chi connectivity index (χ1) is 13.6. The standard InChI is InChI=1S/C17H23N7O4/c18-14-11-15(22-17(21-14)23-20-6-9-4-2-1-3-5-9)24(8-19-11)16-13(27)12(26)10(7-25)28-16/h1-2,6,8-10,12-13,16,25-27H,3-5,7H2,(H3,18,21,22,23)/b20-6+. The summed E-state index contributed by atoms with van der Waals surface area (Å²) in [6, 6.07) is 0. The molecule has 0 aromatic carbocycles. The molecule has 1 saturated heterocycles. The number of aliphatic hydroxyl groups excluding tert-OH is 3. The van der Waals surface area contributed by atoms with Gasteiger partial charge in [0.2, 0.25) is 5.95 Å². The van der Waals surface area contributed by atoms with Gasteiger partial charge in [0.1, 0.15) is 23.8 Å². The van der Waals surface area contributed by atoms with Crippen LogP contribution in [0.5, 0.6) is 0 Å². The molecule has 6 N–H and O–H groups in total. The lowest BCUT2D eigenvalue weighted by Gasteiger charge is -2.16. The molecule has 1 aliphatic heterocycles. The zero-order chi connectivity index (χ0) is 19.7. The minimum atomic E-state index is -1.25. The maximum atomic E-state index is 10.3. The number of nitrogen functional groups attached to an aromatic ring is 1. The van der Waals surface area contributed by atoms with Crippen LogP contribution < -0.4 is 11.2 Å². The van der Waals surface area contributed by atoms with E-state index < -0.39 is 31.1 Å². The molecule has 0 saturated carbocycles. The third-order valence-corrected chi connectivity index (χ3v) is 5.00. The number of nitrogens with two attached hydrogens (primary N) is 1. The average Bonchev–Trinajstić information content (AvgIpc) is 3.24. The SMILES string of the molecule is Nc1nc(N/N=C/C2CC=CCC2)nc2c1ncn2C1OC(CO)C(O)C1O. The number of hydrogen-bond donors (Lipinski definition) is 5. The van der Waals surface area contributed by atoms with Crippen molar-refractivity contribution in [1.29, 1.82) is 0 Å². The van der Waals surface area contributed by atoms with Crippen molar-refractivity contribution in [3.05, 3.63) is 18.5 Å². The topological polar surface area (TPSA) is 164 Å². The molecule has 5 atom stereocenters. The van der Waals surface area contributed by atoms with E-state index in [1.165, 1.54) is 10.9 Å². The maximum Gasteiger partial charge on any atom is 0.247 e. The van der Waals surface area contributed by atoms with Crippen LogP contribution in [-0.2, 0) is 4.74 Å². The van der Waals surface area contributed by atoms with Crippen molar-refractivity contribution in [3.63, 3.8) is 0 Å². The second kappa shape index (κ2) is 7.80. The van der Waals surface area contributed by atoms with Gasteiger partial charge < -0.3 is 25.8 Å². The molecular formula is C17H23N7O4. The van der Waals surface area contributed by atoms with Crippen molar-refractivity contribution in [2.75, 3.05) is 17.8 Å². The second-order valence-electron chi connectivity index (χ2n) is 6.92. The Morgan fingerprint density at radius 1 is 1.32 bits per heavy atom. The Morgan fingerprint density at radius 2 is 2.18 bits per heavy atom. The molecule has 0 radical (unpaired) electrons. The number of imidazole rings is 1. The van der Waals surface area contributed by atoms with Crippen molar-refractivity contribution in [1.82, 2.24) is 19.5 Å². The van der Waals surface area contributed by atoms with Crippen LogP contribution in [0.25, 0.3) is 11.2 Å². The molecule has 1 aliphatic carbocycles. The third-order valence-electron chi connectivity index (χ3n) is 5.00. The fraction of sp³-hybridized carbons (Fsp3) is 0.529. The maximum absolute atomic E-state index is 10.3. The van der Waals surface area contributed by atoms with Crippen LogP contribution in [0.1, 0.15) is 25.5 Å². The number of aromatic nitrogens is 4. The third kappa shape index (κ3) is 3.44. The van der Waals surface area contributed by atoms with E-state index in [1.54, 1.807) is 0 Å². The van der Waals surface area contributed by atoms with Gasteiger partial charge >= 0.3 is 0 Å². The molecular weight excluding hydrogens is 366 g/mol. The Kier molecular flexibility index (Phi) is 5.22. The van der Waals surface area contributed by atoms with Gasteiger partial charge in [-0.25, -0.2) is 10.4 Å². The highest BCUT2D eigenvalue weighted by molar-refractivity contribution is 5.83. The number of hydrazone groups is 1. The van der Waals surface area contributed by atoms with E-state index in [9.17, 15) is 15.3 Å². The van der Waals surface area contributed by atoms with E-state index >= 15 is 0 Å². The Hall–Kier alpha value is -2.60. The summed E-state index contributed by atoms with van der Waals surface area (Å²) in [4.78, 5) is 12.7. The molecule has 2 aliphatic rings. The van der Waals surface area contributed by atoms with Gasteiger partial charge in [-0.2, -0.15) is 15.1 Å². The predicted octanol–water partition coefficient (Wildman–Crippen LogP) is -0.226. The highest BCUT2D eigenvalue weighted by atomic mass is 16.6. The Labute approximate surface area is 160 Å². The Morgan fingerprint density at radius 3 is 2.89 bits per heavy atom. The van der Waals surface area contributed by atoms with E-state index in [0.717, 1.165) is 19.3 Å². The number of anilines is 2. The summed E-state index contributed by atoms with van der Waals surface area (Å²) in [5.41, 5.74) is 9.42. The van der Waals surface area contributed by atoms with Gasteiger partial charge in [0, 0.05) is 6.21 Å². The van der Waals surface area contributed by atoms with Gasteiger partial charge in [-0.1, -0.05) is 12.2 Å². The molecule has 4 rings (SSSR count). The highest BCUT2D eigenvalue weighted by Crippen LogP contribution is 2.32. The zero-order valence-electron chi connectivity index (χ0n) is 15.1. The molecule has 0 amide bonds. The summed E-state index contributed by atoms with van der Waals surface area (Å²) in [5, 5.41) is 33.7.